The van der Waals surface area contributed by atoms with Gasteiger partial charge in [0.2, 0.25) is 5.91 Å². The third-order valence-electron chi connectivity index (χ3n) is 2.98. The molecular formula is C17H27NO2. The minimum absolute atomic E-state index is 0.0892. The van der Waals surface area contributed by atoms with E-state index in [2.05, 4.69) is 33.0 Å². The maximum atomic E-state index is 11.9. The summed E-state index contributed by atoms with van der Waals surface area (Å²) < 4.78 is 5.79. The van der Waals surface area contributed by atoms with E-state index in [9.17, 15) is 4.79 Å². The van der Waals surface area contributed by atoms with Crippen LogP contribution in [0.3, 0.4) is 0 Å². The Labute approximate surface area is 122 Å². The molecule has 3 nitrogen and oxygen atoms in total. The summed E-state index contributed by atoms with van der Waals surface area (Å²) in [5, 5.41) is 2.84. The Morgan fingerprint density at radius 3 is 2.10 bits per heavy atom. The Bertz CT molecular complexity index is 377. The number of anilines is 1. The third kappa shape index (κ3) is 7.29. The van der Waals surface area contributed by atoms with Gasteiger partial charge < -0.3 is 10.1 Å². The highest BCUT2D eigenvalue weighted by atomic mass is 16.5. The van der Waals surface area contributed by atoms with Gasteiger partial charge in [0, 0.05) is 5.69 Å². The second-order valence-electron chi connectivity index (χ2n) is 6.11. The van der Waals surface area contributed by atoms with Gasteiger partial charge >= 0.3 is 0 Å². The normalized spacial score (nSPS) is 11.3. The van der Waals surface area contributed by atoms with E-state index in [0.29, 0.717) is 11.8 Å². The SMILES string of the molecule is CC(C)CC(CC(C)C)OCC(=O)Nc1ccccc1. The van der Waals surface area contributed by atoms with Gasteiger partial charge in [-0.15, -0.1) is 0 Å². The Morgan fingerprint density at radius 2 is 1.60 bits per heavy atom. The van der Waals surface area contributed by atoms with Crippen LogP contribution in [0.25, 0.3) is 0 Å². The number of rotatable bonds is 8. The molecule has 0 fully saturated rings. The molecule has 0 heterocycles. The summed E-state index contributed by atoms with van der Waals surface area (Å²) in [6.45, 7) is 8.85. The van der Waals surface area contributed by atoms with E-state index in [0.717, 1.165) is 18.5 Å². The van der Waals surface area contributed by atoms with Crippen molar-refractivity contribution < 1.29 is 9.53 Å². The largest absolute Gasteiger partial charge is 0.368 e. The molecule has 0 aliphatic heterocycles. The van der Waals surface area contributed by atoms with Gasteiger partial charge in [0.15, 0.2) is 0 Å². The standard InChI is InChI=1S/C17H27NO2/c1-13(2)10-16(11-14(3)4)20-12-17(19)18-15-8-6-5-7-9-15/h5-9,13-14,16H,10-12H2,1-4H3,(H,18,19). The van der Waals surface area contributed by atoms with Crippen molar-refractivity contribution in [1.29, 1.82) is 0 Å². The van der Waals surface area contributed by atoms with Gasteiger partial charge in [0.05, 0.1) is 6.10 Å². The van der Waals surface area contributed by atoms with Crippen LogP contribution in [0.5, 0.6) is 0 Å². The van der Waals surface area contributed by atoms with Crippen molar-refractivity contribution in [2.75, 3.05) is 11.9 Å². The minimum Gasteiger partial charge on any atom is -0.368 e. The Morgan fingerprint density at radius 1 is 1.05 bits per heavy atom. The molecule has 1 aromatic carbocycles. The van der Waals surface area contributed by atoms with Gasteiger partial charge in [0.25, 0.3) is 0 Å². The fourth-order valence-corrected chi connectivity index (χ4v) is 2.20. The third-order valence-corrected chi connectivity index (χ3v) is 2.98. The second kappa shape index (κ2) is 8.75. The number of nitrogens with one attached hydrogen (secondary N) is 1. The number of amides is 1. The smallest absolute Gasteiger partial charge is 0.250 e. The van der Waals surface area contributed by atoms with E-state index < -0.39 is 0 Å². The fraction of sp³-hybridized carbons (Fsp3) is 0.588. The van der Waals surface area contributed by atoms with E-state index in [1.165, 1.54) is 0 Å². The molecular weight excluding hydrogens is 250 g/mol. The Balaban J connectivity index is 2.39. The Hall–Kier alpha value is -1.35. The van der Waals surface area contributed by atoms with Gasteiger partial charge in [-0.3, -0.25) is 4.79 Å². The minimum atomic E-state index is -0.0892. The molecule has 0 saturated heterocycles. The van der Waals surface area contributed by atoms with Crippen molar-refractivity contribution >= 4 is 11.6 Å². The van der Waals surface area contributed by atoms with Gasteiger partial charge in [-0.25, -0.2) is 0 Å². The summed E-state index contributed by atoms with van der Waals surface area (Å²) >= 11 is 0. The first-order chi connectivity index (χ1) is 9.47. The van der Waals surface area contributed by atoms with Crippen LogP contribution in [0.15, 0.2) is 30.3 Å². The topological polar surface area (TPSA) is 38.3 Å². The van der Waals surface area contributed by atoms with E-state index in [-0.39, 0.29) is 18.6 Å². The van der Waals surface area contributed by atoms with Crippen LogP contribution < -0.4 is 5.32 Å². The molecule has 0 bridgehead atoms. The molecule has 112 valence electrons. The molecule has 3 heteroatoms. The number of ether oxygens (including phenoxy) is 1. The first kappa shape index (κ1) is 16.7. The zero-order valence-corrected chi connectivity index (χ0v) is 13.1. The maximum absolute atomic E-state index is 11.9. The first-order valence-corrected chi connectivity index (χ1v) is 7.44. The monoisotopic (exact) mass is 277 g/mol. The summed E-state index contributed by atoms with van der Waals surface area (Å²) in [4.78, 5) is 11.9. The molecule has 0 spiro atoms. The summed E-state index contributed by atoms with van der Waals surface area (Å²) in [6, 6.07) is 9.47. The lowest BCUT2D eigenvalue weighted by Gasteiger charge is -2.21. The zero-order chi connectivity index (χ0) is 15.0. The molecule has 0 saturated carbocycles. The van der Waals surface area contributed by atoms with E-state index in [1.807, 2.05) is 30.3 Å². The first-order valence-electron chi connectivity index (χ1n) is 7.44. The predicted octanol–water partition coefficient (Wildman–Crippen LogP) is 4.10. The van der Waals surface area contributed by atoms with E-state index in [1.54, 1.807) is 0 Å². The van der Waals surface area contributed by atoms with Crippen LogP contribution in [-0.4, -0.2) is 18.6 Å². The molecule has 0 unspecified atom stereocenters. The molecule has 0 radical (unpaired) electrons. The van der Waals surface area contributed by atoms with Crippen molar-refractivity contribution in [1.82, 2.24) is 0 Å². The maximum Gasteiger partial charge on any atom is 0.250 e. The number of carbonyl (C=O) groups is 1. The fourth-order valence-electron chi connectivity index (χ4n) is 2.20. The van der Waals surface area contributed by atoms with Crippen LogP contribution >= 0.6 is 0 Å². The lowest BCUT2D eigenvalue weighted by atomic mass is 9.98. The molecule has 20 heavy (non-hydrogen) atoms. The van der Waals surface area contributed by atoms with Crippen molar-refractivity contribution in [3.63, 3.8) is 0 Å². The van der Waals surface area contributed by atoms with Crippen LogP contribution in [0, 0.1) is 11.8 Å². The molecule has 1 rings (SSSR count). The van der Waals surface area contributed by atoms with E-state index >= 15 is 0 Å². The van der Waals surface area contributed by atoms with Crippen LogP contribution in [0.1, 0.15) is 40.5 Å². The number of carbonyl (C=O) groups excluding carboxylic acids is 1. The number of hydrogen-bond acceptors (Lipinski definition) is 2. The van der Waals surface area contributed by atoms with Gasteiger partial charge in [-0.05, 0) is 36.8 Å². The lowest BCUT2D eigenvalue weighted by Crippen LogP contribution is -2.25. The highest BCUT2D eigenvalue weighted by Gasteiger charge is 2.15. The van der Waals surface area contributed by atoms with Crippen molar-refractivity contribution in [3.05, 3.63) is 30.3 Å². The molecule has 0 aliphatic rings. The van der Waals surface area contributed by atoms with Gasteiger partial charge in [-0.2, -0.15) is 0 Å². The lowest BCUT2D eigenvalue weighted by molar-refractivity contribution is -0.123. The molecule has 0 aliphatic carbocycles. The van der Waals surface area contributed by atoms with E-state index in [4.69, 9.17) is 4.74 Å². The predicted molar refractivity (Wildman–Crippen MR) is 83.7 cm³/mol. The van der Waals surface area contributed by atoms with Gasteiger partial charge in [0.1, 0.15) is 6.61 Å². The quantitative estimate of drug-likeness (QED) is 0.776. The van der Waals surface area contributed by atoms with Crippen LogP contribution in [0.4, 0.5) is 5.69 Å². The number of hydrogen-bond donors (Lipinski definition) is 1. The van der Waals surface area contributed by atoms with Crippen LogP contribution in [0.2, 0.25) is 0 Å². The zero-order valence-electron chi connectivity index (χ0n) is 13.1. The van der Waals surface area contributed by atoms with Crippen molar-refractivity contribution in [3.8, 4) is 0 Å². The summed E-state index contributed by atoms with van der Waals surface area (Å²) in [6.07, 6.45) is 2.16. The highest BCUT2D eigenvalue weighted by Crippen LogP contribution is 2.16. The highest BCUT2D eigenvalue weighted by molar-refractivity contribution is 5.91. The van der Waals surface area contributed by atoms with Gasteiger partial charge in [-0.1, -0.05) is 45.9 Å². The average molecular weight is 277 g/mol. The molecule has 1 N–H and O–H groups in total. The van der Waals surface area contributed by atoms with Crippen molar-refractivity contribution in [2.24, 2.45) is 11.8 Å². The Kier molecular flexibility index (Phi) is 7.31. The van der Waals surface area contributed by atoms with Crippen LogP contribution in [-0.2, 0) is 9.53 Å². The average Bonchev–Trinajstić information content (AvgIpc) is 2.36. The molecule has 0 aromatic heterocycles. The number of benzene rings is 1. The summed E-state index contributed by atoms with van der Waals surface area (Å²) in [5.74, 6) is 1.07. The second-order valence-corrected chi connectivity index (χ2v) is 6.11. The summed E-state index contributed by atoms with van der Waals surface area (Å²) in [7, 11) is 0. The number of para-hydroxylation sites is 1. The molecule has 0 atom stereocenters. The molecule has 1 amide bonds. The van der Waals surface area contributed by atoms with Crippen molar-refractivity contribution in [2.45, 2.75) is 46.6 Å². The summed E-state index contributed by atoms with van der Waals surface area (Å²) in [5.41, 5.74) is 0.811. The molecule has 1 aromatic rings.